The van der Waals surface area contributed by atoms with Crippen LogP contribution in [0, 0.1) is 0 Å². The molecule has 0 N–H and O–H groups in total. The molecule has 0 aromatic heterocycles. The van der Waals surface area contributed by atoms with Gasteiger partial charge in [-0.05, 0) is 75.0 Å². The average molecular weight is 497 g/mol. The zero-order chi connectivity index (χ0) is 25.8. The molecular formula is C36H24BNO. The Morgan fingerprint density at radius 2 is 1.05 bits per heavy atom. The Balaban J connectivity index is 1.35. The van der Waals surface area contributed by atoms with Crippen molar-refractivity contribution in [2.24, 2.45) is 0 Å². The fourth-order valence-corrected chi connectivity index (χ4v) is 6.16. The van der Waals surface area contributed by atoms with Gasteiger partial charge in [0, 0.05) is 17.1 Å². The van der Waals surface area contributed by atoms with Crippen molar-refractivity contribution in [2.45, 2.75) is 0 Å². The van der Waals surface area contributed by atoms with Gasteiger partial charge in [0.25, 0.3) is 6.71 Å². The number of fused-ring (bicyclic) bond motifs is 4. The van der Waals surface area contributed by atoms with Gasteiger partial charge in [-0.25, -0.2) is 0 Å². The summed E-state index contributed by atoms with van der Waals surface area (Å²) in [5.74, 6) is 1.86. The van der Waals surface area contributed by atoms with Crippen LogP contribution in [0.4, 0.5) is 17.1 Å². The smallest absolute Gasteiger partial charge is 0.256 e. The van der Waals surface area contributed by atoms with Gasteiger partial charge < -0.3 is 9.64 Å². The lowest BCUT2D eigenvalue weighted by Gasteiger charge is -2.40. The van der Waals surface area contributed by atoms with E-state index in [1.807, 2.05) is 0 Å². The van der Waals surface area contributed by atoms with Crippen LogP contribution in [0.3, 0.4) is 0 Å². The molecule has 0 unspecified atom stereocenters. The third kappa shape index (κ3) is 3.51. The zero-order valence-corrected chi connectivity index (χ0v) is 21.3. The Morgan fingerprint density at radius 1 is 0.436 bits per heavy atom. The monoisotopic (exact) mass is 497 g/mol. The summed E-state index contributed by atoms with van der Waals surface area (Å²) in [4.78, 5) is 2.39. The average Bonchev–Trinajstić information content (AvgIpc) is 3.02. The molecule has 8 rings (SSSR count). The second kappa shape index (κ2) is 8.78. The topological polar surface area (TPSA) is 12.5 Å². The first-order chi connectivity index (χ1) is 19.3. The van der Waals surface area contributed by atoms with Crippen molar-refractivity contribution in [3.63, 3.8) is 0 Å². The third-order valence-electron chi connectivity index (χ3n) is 7.94. The van der Waals surface area contributed by atoms with Crippen LogP contribution in [0.25, 0.3) is 22.3 Å². The molecule has 3 heteroatoms. The van der Waals surface area contributed by atoms with Crippen LogP contribution in [0.15, 0.2) is 146 Å². The van der Waals surface area contributed by atoms with Crippen molar-refractivity contribution in [1.29, 1.82) is 0 Å². The van der Waals surface area contributed by atoms with E-state index in [9.17, 15) is 0 Å². The molecule has 6 aromatic rings. The molecule has 6 aromatic carbocycles. The van der Waals surface area contributed by atoms with Crippen LogP contribution >= 0.6 is 0 Å². The molecule has 0 saturated carbocycles. The number of para-hydroxylation sites is 1. The first-order valence-corrected chi connectivity index (χ1v) is 13.4. The number of benzene rings is 6. The van der Waals surface area contributed by atoms with Crippen molar-refractivity contribution in [3.8, 4) is 33.8 Å². The molecule has 0 fully saturated rings. The van der Waals surface area contributed by atoms with Crippen LogP contribution in [-0.2, 0) is 0 Å². The lowest BCUT2D eigenvalue weighted by atomic mass is 9.34. The van der Waals surface area contributed by atoms with Crippen LogP contribution in [0.1, 0.15) is 0 Å². The maximum Gasteiger partial charge on any atom is 0.256 e. The summed E-state index contributed by atoms with van der Waals surface area (Å²) < 4.78 is 6.49. The highest BCUT2D eigenvalue weighted by Crippen LogP contribution is 2.41. The highest BCUT2D eigenvalue weighted by molar-refractivity contribution is 6.99. The molecule has 0 spiro atoms. The summed E-state index contributed by atoms with van der Waals surface area (Å²) >= 11 is 0. The second-order valence-corrected chi connectivity index (χ2v) is 10.1. The predicted molar refractivity (Wildman–Crippen MR) is 163 cm³/mol. The number of hydrogen-bond donors (Lipinski definition) is 0. The Labute approximate surface area is 228 Å². The van der Waals surface area contributed by atoms with E-state index >= 15 is 0 Å². The minimum Gasteiger partial charge on any atom is -0.458 e. The van der Waals surface area contributed by atoms with Gasteiger partial charge in [-0.3, -0.25) is 0 Å². The van der Waals surface area contributed by atoms with Gasteiger partial charge in [-0.2, -0.15) is 0 Å². The lowest BCUT2D eigenvalue weighted by Crippen LogP contribution is -2.59. The van der Waals surface area contributed by atoms with Gasteiger partial charge in [-0.15, -0.1) is 0 Å². The van der Waals surface area contributed by atoms with E-state index < -0.39 is 0 Å². The number of rotatable bonds is 3. The van der Waals surface area contributed by atoms with E-state index in [4.69, 9.17) is 4.74 Å². The largest absolute Gasteiger partial charge is 0.458 e. The molecular weight excluding hydrogens is 473 g/mol. The summed E-state index contributed by atoms with van der Waals surface area (Å²) in [6.45, 7) is 0.0969. The Bertz CT molecular complexity index is 1830. The van der Waals surface area contributed by atoms with Crippen molar-refractivity contribution in [3.05, 3.63) is 146 Å². The van der Waals surface area contributed by atoms with Crippen molar-refractivity contribution in [2.75, 3.05) is 4.90 Å². The molecule has 2 aliphatic rings. The van der Waals surface area contributed by atoms with Crippen molar-refractivity contribution >= 4 is 40.2 Å². The van der Waals surface area contributed by atoms with Crippen LogP contribution in [0.5, 0.6) is 11.5 Å². The molecule has 2 aliphatic heterocycles. The Kier molecular flexibility index (Phi) is 4.96. The molecule has 0 radical (unpaired) electrons. The second-order valence-electron chi connectivity index (χ2n) is 10.1. The molecule has 0 atom stereocenters. The van der Waals surface area contributed by atoms with Gasteiger partial charge >= 0.3 is 0 Å². The molecule has 2 nitrogen and oxygen atoms in total. The van der Waals surface area contributed by atoms with E-state index in [1.165, 1.54) is 50.0 Å². The van der Waals surface area contributed by atoms with Gasteiger partial charge in [0.2, 0.25) is 0 Å². The normalized spacial score (nSPS) is 12.7. The van der Waals surface area contributed by atoms with Gasteiger partial charge in [0.15, 0.2) is 0 Å². The molecule has 39 heavy (non-hydrogen) atoms. The quantitative estimate of drug-likeness (QED) is 0.236. The third-order valence-corrected chi connectivity index (χ3v) is 7.94. The summed E-state index contributed by atoms with van der Waals surface area (Å²) in [5, 5.41) is 0. The summed E-state index contributed by atoms with van der Waals surface area (Å²) in [5.41, 5.74) is 12.1. The number of hydrogen-bond acceptors (Lipinski definition) is 2. The van der Waals surface area contributed by atoms with E-state index in [0.717, 1.165) is 17.2 Å². The van der Waals surface area contributed by atoms with Crippen LogP contribution in [-0.4, -0.2) is 6.71 Å². The highest BCUT2D eigenvalue weighted by Gasteiger charge is 2.41. The first-order valence-electron chi connectivity index (χ1n) is 13.4. The van der Waals surface area contributed by atoms with Crippen molar-refractivity contribution < 1.29 is 4.74 Å². The van der Waals surface area contributed by atoms with E-state index in [0.29, 0.717) is 0 Å². The molecule has 0 saturated heterocycles. The summed E-state index contributed by atoms with van der Waals surface area (Å²) in [6.07, 6.45) is 0. The van der Waals surface area contributed by atoms with Crippen LogP contribution < -0.4 is 26.0 Å². The molecule has 2 heterocycles. The standard InChI is InChI=1S/C36H24BNO/c1-3-10-25(11-4-1)27-18-21-29(22-19-27)38-32-23-20-28(26-12-5-2-6-13-26)24-31(32)37-30-14-7-8-16-34(30)39-35-17-9-15-33(38)36(35)37/h1-24H. The van der Waals surface area contributed by atoms with Gasteiger partial charge in [-0.1, -0.05) is 109 Å². The summed E-state index contributed by atoms with van der Waals surface area (Å²) in [7, 11) is 0. The number of anilines is 3. The van der Waals surface area contributed by atoms with Crippen LogP contribution in [0.2, 0.25) is 0 Å². The fourth-order valence-electron chi connectivity index (χ4n) is 6.16. The molecule has 182 valence electrons. The SMILES string of the molecule is c1ccc(-c2ccc(N3c4ccc(-c5ccccc5)cc4B4c5ccccc5Oc5cccc3c54)cc2)cc1. The minimum atomic E-state index is 0.0969. The van der Waals surface area contributed by atoms with E-state index in [2.05, 4.69) is 150 Å². The first kappa shape index (κ1) is 22.0. The molecule has 0 amide bonds. The van der Waals surface area contributed by atoms with E-state index in [1.54, 1.807) is 0 Å². The zero-order valence-electron chi connectivity index (χ0n) is 21.3. The maximum absolute atomic E-state index is 6.49. The molecule has 0 aliphatic carbocycles. The lowest BCUT2D eigenvalue weighted by molar-refractivity contribution is 0.487. The van der Waals surface area contributed by atoms with Gasteiger partial charge in [0.1, 0.15) is 11.5 Å². The Morgan fingerprint density at radius 3 is 1.82 bits per heavy atom. The number of ether oxygens (including phenoxy) is 1. The predicted octanol–water partition coefficient (Wildman–Crippen LogP) is 7.43. The van der Waals surface area contributed by atoms with E-state index in [-0.39, 0.29) is 6.71 Å². The molecule has 0 bridgehead atoms. The highest BCUT2D eigenvalue weighted by atomic mass is 16.5. The minimum absolute atomic E-state index is 0.0969. The van der Waals surface area contributed by atoms with Gasteiger partial charge in [0.05, 0.1) is 0 Å². The fraction of sp³-hybridized carbons (Fsp3) is 0. The Hall–Kier alpha value is -5.02. The summed E-state index contributed by atoms with van der Waals surface area (Å²) in [6, 6.07) is 51.9. The maximum atomic E-state index is 6.49. The van der Waals surface area contributed by atoms with Crippen molar-refractivity contribution in [1.82, 2.24) is 0 Å². The number of nitrogens with zero attached hydrogens (tertiary/aromatic N) is 1.